The predicted octanol–water partition coefficient (Wildman–Crippen LogP) is 2.72. The molecule has 2 bridgehead atoms. The van der Waals surface area contributed by atoms with Crippen molar-refractivity contribution in [2.75, 3.05) is 13.1 Å². The van der Waals surface area contributed by atoms with Crippen molar-refractivity contribution in [2.45, 2.75) is 51.0 Å². The molecule has 3 heteroatoms. The first-order valence-corrected chi connectivity index (χ1v) is 8.66. The number of primary amides is 1. The van der Waals surface area contributed by atoms with Crippen LogP contribution in [-0.2, 0) is 11.8 Å². The molecule has 3 aliphatic rings. The van der Waals surface area contributed by atoms with Gasteiger partial charge in [-0.15, -0.1) is 0 Å². The SMILES string of the molecule is C[C@H]1[C@H]2Cc3ccc(C(N)=O)cc3C1(C)CCN2CC1CC1. The fraction of sp³-hybridized carbons (Fsp3) is 0.632. The summed E-state index contributed by atoms with van der Waals surface area (Å²) in [6, 6.07) is 6.78. The lowest BCUT2D eigenvalue weighted by Crippen LogP contribution is -2.58. The van der Waals surface area contributed by atoms with Crippen LogP contribution in [-0.4, -0.2) is 29.9 Å². The standard InChI is InChI=1S/C19H26N2O/c1-12-17-10-14-5-6-15(18(20)22)9-16(14)19(12,2)7-8-21(17)11-13-3-4-13/h5-6,9,12-13,17H,3-4,7-8,10-11H2,1-2H3,(H2,20,22)/t12-,17+,19?/m0/s1. The molecule has 0 spiro atoms. The van der Waals surface area contributed by atoms with Crippen LogP contribution >= 0.6 is 0 Å². The maximum Gasteiger partial charge on any atom is 0.248 e. The molecular weight excluding hydrogens is 272 g/mol. The smallest absolute Gasteiger partial charge is 0.248 e. The number of carbonyl (C=O) groups excluding carboxylic acids is 1. The minimum absolute atomic E-state index is 0.184. The fourth-order valence-electron chi connectivity index (χ4n) is 4.72. The number of nitrogens with two attached hydrogens (primary N) is 1. The highest BCUT2D eigenvalue weighted by molar-refractivity contribution is 5.93. The Morgan fingerprint density at radius 3 is 2.86 bits per heavy atom. The maximum atomic E-state index is 11.5. The molecule has 3 atom stereocenters. The first kappa shape index (κ1) is 14.3. The summed E-state index contributed by atoms with van der Waals surface area (Å²) < 4.78 is 0. The highest BCUT2D eigenvalue weighted by atomic mass is 16.1. The Bertz CT molecular complexity index is 622. The van der Waals surface area contributed by atoms with E-state index in [1.807, 2.05) is 6.07 Å². The number of fused-ring (bicyclic) bond motifs is 4. The molecule has 22 heavy (non-hydrogen) atoms. The minimum Gasteiger partial charge on any atom is -0.366 e. The third-order valence-electron chi connectivity index (χ3n) is 6.60. The molecule has 1 saturated heterocycles. The summed E-state index contributed by atoms with van der Waals surface area (Å²) in [5, 5.41) is 0. The van der Waals surface area contributed by atoms with Crippen molar-refractivity contribution in [1.82, 2.24) is 4.90 Å². The second kappa shape index (κ2) is 4.82. The molecule has 2 fully saturated rings. The van der Waals surface area contributed by atoms with Crippen LogP contribution in [0.25, 0.3) is 0 Å². The van der Waals surface area contributed by atoms with Gasteiger partial charge in [0, 0.05) is 18.2 Å². The molecule has 0 radical (unpaired) electrons. The highest BCUT2D eigenvalue weighted by Gasteiger charge is 2.49. The number of hydrogen-bond donors (Lipinski definition) is 1. The van der Waals surface area contributed by atoms with Gasteiger partial charge in [0.1, 0.15) is 0 Å². The molecule has 1 unspecified atom stereocenters. The van der Waals surface area contributed by atoms with Gasteiger partial charge in [0.15, 0.2) is 0 Å². The number of rotatable bonds is 3. The topological polar surface area (TPSA) is 46.3 Å². The van der Waals surface area contributed by atoms with Crippen LogP contribution < -0.4 is 5.73 Å². The number of likely N-dealkylation sites (tertiary alicyclic amines) is 1. The quantitative estimate of drug-likeness (QED) is 0.932. The second-order valence-corrected chi connectivity index (χ2v) is 7.90. The summed E-state index contributed by atoms with van der Waals surface area (Å²) in [6.07, 6.45) is 5.16. The van der Waals surface area contributed by atoms with Crippen LogP contribution in [0.1, 0.15) is 54.6 Å². The van der Waals surface area contributed by atoms with E-state index >= 15 is 0 Å². The van der Waals surface area contributed by atoms with Gasteiger partial charge in [-0.25, -0.2) is 0 Å². The summed E-state index contributed by atoms with van der Waals surface area (Å²) in [5.74, 6) is 1.28. The Kier molecular flexibility index (Phi) is 3.12. The van der Waals surface area contributed by atoms with Gasteiger partial charge in [0.25, 0.3) is 0 Å². The van der Waals surface area contributed by atoms with Crippen LogP contribution in [0.3, 0.4) is 0 Å². The van der Waals surface area contributed by atoms with E-state index in [0.29, 0.717) is 17.5 Å². The molecule has 1 aromatic rings. The molecule has 118 valence electrons. The van der Waals surface area contributed by atoms with Gasteiger partial charge in [-0.3, -0.25) is 9.69 Å². The second-order valence-electron chi connectivity index (χ2n) is 7.90. The summed E-state index contributed by atoms with van der Waals surface area (Å²) in [4.78, 5) is 14.3. The lowest BCUT2D eigenvalue weighted by molar-refractivity contribution is 0.0284. The van der Waals surface area contributed by atoms with Crippen LogP contribution in [0.5, 0.6) is 0 Å². The molecule has 0 aromatic heterocycles. The predicted molar refractivity (Wildman–Crippen MR) is 87.9 cm³/mol. The van der Waals surface area contributed by atoms with Crippen molar-refractivity contribution in [1.29, 1.82) is 0 Å². The molecular formula is C19H26N2O. The van der Waals surface area contributed by atoms with E-state index < -0.39 is 0 Å². The monoisotopic (exact) mass is 298 g/mol. The van der Waals surface area contributed by atoms with E-state index in [-0.39, 0.29) is 11.3 Å². The molecule has 1 aliphatic heterocycles. The normalized spacial score (nSPS) is 34.3. The van der Waals surface area contributed by atoms with E-state index in [0.717, 1.165) is 12.3 Å². The van der Waals surface area contributed by atoms with Crippen LogP contribution in [0.15, 0.2) is 18.2 Å². The molecule has 2 aliphatic carbocycles. The molecule has 4 rings (SSSR count). The Morgan fingerprint density at radius 2 is 2.18 bits per heavy atom. The van der Waals surface area contributed by atoms with Crippen LogP contribution in [0.4, 0.5) is 0 Å². The van der Waals surface area contributed by atoms with Crippen molar-refractivity contribution in [3.63, 3.8) is 0 Å². The summed E-state index contributed by atoms with van der Waals surface area (Å²) in [6.45, 7) is 7.29. The van der Waals surface area contributed by atoms with E-state index in [9.17, 15) is 4.79 Å². The Labute approximate surface area is 132 Å². The van der Waals surface area contributed by atoms with Crippen molar-refractivity contribution in [2.24, 2.45) is 17.6 Å². The van der Waals surface area contributed by atoms with E-state index in [4.69, 9.17) is 5.73 Å². The maximum absolute atomic E-state index is 11.5. The fourth-order valence-corrected chi connectivity index (χ4v) is 4.72. The van der Waals surface area contributed by atoms with E-state index in [2.05, 4.69) is 30.9 Å². The molecule has 2 N–H and O–H groups in total. The highest BCUT2D eigenvalue weighted by Crippen LogP contribution is 2.49. The molecule has 1 saturated carbocycles. The number of hydrogen-bond acceptors (Lipinski definition) is 2. The molecule has 1 amide bonds. The van der Waals surface area contributed by atoms with Gasteiger partial charge in [-0.05, 0) is 72.7 Å². The first-order chi connectivity index (χ1) is 10.5. The number of benzene rings is 1. The van der Waals surface area contributed by atoms with Gasteiger partial charge in [-0.2, -0.15) is 0 Å². The summed E-state index contributed by atoms with van der Waals surface area (Å²) in [5.41, 5.74) is 9.13. The van der Waals surface area contributed by atoms with E-state index in [1.54, 1.807) is 0 Å². The van der Waals surface area contributed by atoms with E-state index in [1.165, 1.54) is 43.5 Å². The number of nitrogens with zero attached hydrogens (tertiary/aromatic N) is 1. The van der Waals surface area contributed by atoms with Crippen molar-refractivity contribution in [3.05, 3.63) is 34.9 Å². The van der Waals surface area contributed by atoms with Crippen molar-refractivity contribution >= 4 is 5.91 Å². The van der Waals surface area contributed by atoms with Gasteiger partial charge < -0.3 is 5.73 Å². The molecule has 3 nitrogen and oxygen atoms in total. The lowest BCUT2D eigenvalue weighted by atomic mass is 9.59. The number of carbonyl (C=O) groups is 1. The average molecular weight is 298 g/mol. The average Bonchev–Trinajstić information content (AvgIpc) is 3.29. The Balaban J connectivity index is 1.72. The number of piperidine rings is 1. The summed E-state index contributed by atoms with van der Waals surface area (Å²) in [7, 11) is 0. The van der Waals surface area contributed by atoms with Crippen LogP contribution in [0, 0.1) is 11.8 Å². The van der Waals surface area contributed by atoms with Gasteiger partial charge in [0.05, 0.1) is 0 Å². The minimum atomic E-state index is -0.313. The zero-order valence-corrected chi connectivity index (χ0v) is 13.6. The molecule has 1 aromatic carbocycles. The largest absolute Gasteiger partial charge is 0.366 e. The first-order valence-electron chi connectivity index (χ1n) is 8.66. The third-order valence-corrected chi connectivity index (χ3v) is 6.60. The number of amides is 1. The molecule has 1 heterocycles. The zero-order valence-electron chi connectivity index (χ0n) is 13.6. The third kappa shape index (κ3) is 2.10. The van der Waals surface area contributed by atoms with Crippen LogP contribution in [0.2, 0.25) is 0 Å². The Hall–Kier alpha value is -1.35. The summed E-state index contributed by atoms with van der Waals surface area (Å²) >= 11 is 0. The lowest BCUT2D eigenvalue weighted by Gasteiger charge is -2.55. The van der Waals surface area contributed by atoms with Gasteiger partial charge in [-0.1, -0.05) is 19.9 Å². The zero-order chi connectivity index (χ0) is 15.5. The van der Waals surface area contributed by atoms with Crippen molar-refractivity contribution < 1.29 is 4.79 Å². The Morgan fingerprint density at radius 1 is 1.41 bits per heavy atom. The van der Waals surface area contributed by atoms with Crippen molar-refractivity contribution in [3.8, 4) is 0 Å². The van der Waals surface area contributed by atoms with Gasteiger partial charge >= 0.3 is 0 Å². The van der Waals surface area contributed by atoms with Gasteiger partial charge in [0.2, 0.25) is 5.91 Å².